The van der Waals surface area contributed by atoms with Crippen LogP contribution in [0.4, 0.5) is 0 Å². The summed E-state index contributed by atoms with van der Waals surface area (Å²) in [6, 6.07) is 5.59. The van der Waals surface area contributed by atoms with Gasteiger partial charge < -0.3 is 59.3 Å². The molecule has 1 heterocycles. The Balaban J connectivity index is 1.91. The number of hydrogen-bond acceptors (Lipinski definition) is 11. The molecular weight excluding hydrogens is 946 g/mol. The van der Waals surface area contributed by atoms with Crippen LogP contribution >= 0.6 is 15.9 Å². The number of phenols is 1. The highest BCUT2D eigenvalue weighted by Crippen LogP contribution is 2.22. The highest BCUT2D eigenvalue weighted by molar-refractivity contribution is 9.10. The van der Waals surface area contributed by atoms with Gasteiger partial charge in [-0.25, -0.2) is 10.2 Å². The van der Waals surface area contributed by atoms with Crippen LogP contribution < -0.4 is 55.1 Å². The number of carbonyl (C=O) groups excluding carboxylic acids is 6. The number of phenolic OH excluding ortho intramolecular Hbond substituents is 1. The van der Waals surface area contributed by atoms with Gasteiger partial charge in [-0.3, -0.25) is 44.2 Å². The fourth-order valence-electron chi connectivity index (χ4n) is 7.43. The number of aromatic hydroxyl groups is 1. The smallest absolute Gasteiger partial charge is 0.326 e. The number of nitrogens with one attached hydrogen (secondary N) is 6. The zero-order valence-electron chi connectivity index (χ0n) is 39.0. The van der Waals surface area contributed by atoms with Crippen LogP contribution in [-0.4, -0.2) is 124 Å². The predicted octanol–water partition coefficient (Wildman–Crippen LogP) is 0.215. The maximum atomic E-state index is 14.6. The number of hydrogen-bond donors (Lipinski definition) is 12. The molecule has 0 unspecified atom stereocenters. The number of carbonyl (C=O) groups is 7. The maximum absolute atomic E-state index is 14.6. The van der Waals surface area contributed by atoms with Crippen molar-refractivity contribution in [2.24, 2.45) is 44.8 Å². The van der Waals surface area contributed by atoms with Crippen LogP contribution in [0.15, 0.2) is 63.0 Å². The maximum Gasteiger partial charge on any atom is 0.326 e. The molecule has 23 heteroatoms. The Hall–Kier alpha value is -6.49. The lowest BCUT2D eigenvalue weighted by molar-refractivity contribution is -0.143. The average Bonchev–Trinajstić information content (AvgIpc) is 3.78. The number of guanidine groups is 2. The number of halogens is 1. The van der Waals surface area contributed by atoms with Crippen molar-refractivity contribution in [3.63, 3.8) is 0 Å². The van der Waals surface area contributed by atoms with E-state index in [1.165, 1.54) is 17.0 Å². The minimum atomic E-state index is -1.30. The van der Waals surface area contributed by atoms with Crippen LogP contribution in [0.5, 0.6) is 5.75 Å². The molecular formula is C45H68BrN13O9. The van der Waals surface area contributed by atoms with Crippen LogP contribution in [0.1, 0.15) is 95.0 Å². The average molecular weight is 1020 g/mol. The number of likely N-dealkylation sites (tertiary alicyclic amines) is 1. The molecule has 1 fully saturated rings. The number of benzene rings is 2. The quantitative estimate of drug-likeness (QED) is 0.0247. The molecule has 1 aliphatic heterocycles. The van der Waals surface area contributed by atoms with Crippen molar-refractivity contribution >= 4 is 69.3 Å². The van der Waals surface area contributed by atoms with Crippen molar-refractivity contribution in [3.05, 3.63) is 64.1 Å². The molecule has 16 N–H and O–H groups in total. The Morgan fingerprint density at radius 3 is 1.94 bits per heavy atom. The summed E-state index contributed by atoms with van der Waals surface area (Å²) in [5, 5.41) is 30.7. The number of aliphatic imine (C=N–C) groups is 2. The van der Waals surface area contributed by atoms with E-state index in [4.69, 9.17) is 22.9 Å². The molecule has 2 aromatic carbocycles. The molecule has 7 atom stereocenters. The number of carboxylic acid groups (broad SMARTS) is 1. The molecule has 0 saturated carbocycles. The van der Waals surface area contributed by atoms with Gasteiger partial charge in [0, 0.05) is 30.5 Å². The van der Waals surface area contributed by atoms with E-state index in [9.17, 15) is 43.8 Å². The number of nitrogens with two attached hydrogens (primary N) is 4. The molecule has 68 heavy (non-hydrogen) atoms. The zero-order valence-corrected chi connectivity index (χ0v) is 40.6. The third kappa shape index (κ3) is 18.3. The summed E-state index contributed by atoms with van der Waals surface area (Å²) in [4.78, 5) is 105. The van der Waals surface area contributed by atoms with Crippen molar-refractivity contribution in [2.45, 2.75) is 122 Å². The number of carboxylic acids is 1. The first kappa shape index (κ1) is 55.8. The molecule has 0 spiro atoms. The highest BCUT2D eigenvalue weighted by atomic mass is 79.9. The Labute approximate surface area is 404 Å². The second-order valence-corrected chi connectivity index (χ2v) is 18.0. The highest BCUT2D eigenvalue weighted by Gasteiger charge is 2.40. The molecule has 0 radical (unpaired) electrons. The summed E-state index contributed by atoms with van der Waals surface area (Å²) in [6.45, 7) is 7.60. The molecule has 374 valence electrons. The fourth-order valence-corrected chi connectivity index (χ4v) is 7.89. The van der Waals surface area contributed by atoms with Gasteiger partial charge in [0.05, 0.1) is 5.56 Å². The Bertz CT molecular complexity index is 2100. The molecule has 0 aromatic heterocycles. The first-order chi connectivity index (χ1) is 32.2. The van der Waals surface area contributed by atoms with Crippen LogP contribution in [0.25, 0.3) is 0 Å². The van der Waals surface area contributed by atoms with Crippen LogP contribution in [0.3, 0.4) is 0 Å². The molecule has 6 amide bonds. The van der Waals surface area contributed by atoms with Crippen LogP contribution in [0, 0.1) is 11.8 Å². The summed E-state index contributed by atoms with van der Waals surface area (Å²) in [5.74, 6) is -5.99. The molecule has 0 aliphatic carbocycles. The van der Waals surface area contributed by atoms with E-state index in [0.717, 1.165) is 0 Å². The monoisotopic (exact) mass is 1010 g/mol. The van der Waals surface area contributed by atoms with E-state index in [0.29, 0.717) is 34.9 Å². The Morgan fingerprint density at radius 1 is 0.779 bits per heavy atom. The van der Waals surface area contributed by atoms with Gasteiger partial charge in [0.1, 0.15) is 42.0 Å². The minimum Gasteiger partial charge on any atom is -0.508 e. The van der Waals surface area contributed by atoms with Gasteiger partial charge in [0.2, 0.25) is 29.5 Å². The molecule has 1 saturated heterocycles. The standard InChI is InChI=1S/C45H68BrN13O9/c1-5-26(4)36(41(65)55-34(43(67)68)23-25(2)3)56-39(63)33(24-27-16-18-28(60)19-17-27)54-40(64)35-15-10-22-59(35)42(66)32(14-9-21-52-45(49)50)53-38(62)31(13-8-20-51-44(47)48)57-58-37(61)29-11-6-7-12-30(29)46/h6-7,11-12,16-19,25-26,31-36,57,60H,5,8-10,13-15,20-24H2,1-4H3,(H,53,62)(H,54,64)(H,55,65)(H,56,63)(H,58,61)(H,67,68)(H4,47,48,51)(H4,49,50,52)/t26-,31-,32-,33-,34-,35-,36-/m0/s1. The van der Waals surface area contributed by atoms with Crippen molar-refractivity contribution < 1.29 is 43.8 Å². The van der Waals surface area contributed by atoms with Crippen LogP contribution in [0.2, 0.25) is 0 Å². The van der Waals surface area contributed by atoms with E-state index in [2.05, 4.69) is 58.0 Å². The van der Waals surface area contributed by atoms with E-state index < -0.39 is 83.6 Å². The van der Waals surface area contributed by atoms with E-state index in [-0.39, 0.29) is 81.7 Å². The fraction of sp³-hybridized carbons (Fsp3) is 0.533. The lowest BCUT2D eigenvalue weighted by Crippen LogP contribution is -2.60. The molecule has 2 aromatic rings. The number of hydrazine groups is 1. The topological polar surface area (TPSA) is 364 Å². The van der Waals surface area contributed by atoms with Crippen molar-refractivity contribution in [2.75, 3.05) is 19.6 Å². The van der Waals surface area contributed by atoms with Crippen molar-refractivity contribution in [1.29, 1.82) is 0 Å². The first-order valence-electron chi connectivity index (χ1n) is 22.7. The summed E-state index contributed by atoms with van der Waals surface area (Å²) < 4.78 is 0.516. The van der Waals surface area contributed by atoms with Gasteiger partial charge in [-0.15, -0.1) is 0 Å². The lowest BCUT2D eigenvalue weighted by Gasteiger charge is -2.31. The van der Waals surface area contributed by atoms with Crippen LogP contribution in [-0.2, 0) is 35.2 Å². The summed E-state index contributed by atoms with van der Waals surface area (Å²) in [7, 11) is 0. The lowest BCUT2D eigenvalue weighted by atomic mass is 9.96. The third-order valence-electron chi connectivity index (χ3n) is 11.3. The van der Waals surface area contributed by atoms with Gasteiger partial charge in [0.25, 0.3) is 5.91 Å². The summed E-state index contributed by atoms with van der Waals surface area (Å²) >= 11 is 3.35. The van der Waals surface area contributed by atoms with Crippen molar-refractivity contribution in [1.82, 2.24) is 37.0 Å². The van der Waals surface area contributed by atoms with Gasteiger partial charge in [-0.05, 0) is 103 Å². The third-order valence-corrected chi connectivity index (χ3v) is 12.0. The SMILES string of the molecule is CC[C@H](C)[C@H](NC(=O)[C@H](Cc1ccc(O)cc1)NC(=O)[C@@H]1CCCN1C(=O)[C@H](CCCN=C(N)N)NC(=O)[C@H](CCCN=C(N)N)NNC(=O)c1ccccc1Br)C(=O)N[C@@H](CC(C)C)C(=O)O. The van der Waals surface area contributed by atoms with Gasteiger partial charge >= 0.3 is 5.97 Å². The number of rotatable bonds is 27. The molecule has 1 aliphatic rings. The van der Waals surface area contributed by atoms with E-state index >= 15 is 0 Å². The second kappa shape index (κ2) is 28.0. The van der Waals surface area contributed by atoms with E-state index in [1.807, 2.05) is 20.8 Å². The molecule has 3 rings (SSSR count). The molecule has 0 bridgehead atoms. The predicted molar refractivity (Wildman–Crippen MR) is 259 cm³/mol. The normalized spacial score (nSPS) is 15.9. The summed E-state index contributed by atoms with van der Waals surface area (Å²) in [6.07, 6.45) is 1.82. The minimum absolute atomic E-state index is 0.0278. The second-order valence-electron chi connectivity index (χ2n) is 17.1. The first-order valence-corrected chi connectivity index (χ1v) is 23.4. The Kier molecular flexibility index (Phi) is 23.0. The number of aliphatic carboxylic acids is 1. The summed E-state index contributed by atoms with van der Waals surface area (Å²) in [5.41, 5.74) is 28.2. The zero-order chi connectivity index (χ0) is 50.5. The Morgan fingerprint density at radius 2 is 1.37 bits per heavy atom. The van der Waals surface area contributed by atoms with E-state index in [1.54, 1.807) is 43.3 Å². The number of amides is 6. The van der Waals surface area contributed by atoms with Crippen molar-refractivity contribution in [3.8, 4) is 5.75 Å². The van der Waals surface area contributed by atoms with Gasteiger partial charge in [-0.1, -0.05) is 58.4 Å². The van der Waals surface area contributed by atoms with Gasteiger partial charge in [0.15, 0.2) is 11.9 Å². The largest absolute Gasteiger partial charge is 0.508 e. The molecule has 22 nitrogen and oxygen atoms in total. The number of nitrogens with zero attached hydrogens (tertiary/aromatic N) is 3. The van der Waals surface area contributed by atoms with Gasteiger partial charge in [-0.2, -0.15) is 0 Å².